The summed E-state index contributed by atoms with van der Waals surface area (Å²) in [7, 11) is 0. The van der Waals surface area contributed by atoms with Crippen molar-refractivity contribution in [1.82, 2.24) is 0 Å². The molecule has 0 saturated carbocycles. The Morgan fingerprint density at radius 3 is 2.92 bits per heavy atom. The minimum Gasteiger partial charge on any atom is -0.289 e. The summed E-state index contributed by atoms with van der Waals surface area (Å²) in [6, 6.07) is 6.38. The van der Waals surface area contributed by atoms with Gasteiger partial charge in [0.15, 0.2) is 0 Å². The van der Waals surface area contributed by atoms with E-state index in [0.29, 0.717) is 0 Å². The normalized spacial score (nSPS) is 16.0. The molecule has 0 saturated heterocycles. The lowest BCUT2D eigenvalue weighted by atomic mass is 10.0. The minimum atomic E-state index is 1.00. The molecule has 0 spiro atoms. The van der Waals surface area contributed by atoms with Crippen LogP contribution >= 0.6 is 15.9 Å². The van der Waals surface area contributed by atoms with Gasteiger partial charge >= 0.3 is 0 Å². The number of hydrogen-bond donors (Lipinski definition) is 0. The molecule has 1 nitrogen and oxygen atoms in total. The zero-order valence-electron chi connectivity index (χ0n) is 7.68. The van der Waals surface area contributed by atoms with Crippen molar-refractivity contribution in [3.63, 3.8) is 0 Å². The highest BCUT2D eigenvalue weighted by Gasteiger charge is 2.11. The summed E-state index contributed by atoms with van der Waals surface area (Å²) in [6.07, 6.45) is 2.35. The van der Waals surface area contributed by atoms with Crippen LogP contribution in [0.25, 0.3) is 0 Å². The van der Waals surface area contributed by atoms with Gasteiger partial charge in [-0.3, -0.25) is 4.99 Å². The number of rotatable bonds is 1. The first-order valence-corrected chi connectivity index (χ1v) is 5.36. The zero-order valence-corrected chi connectivity index (χ0v) is 9.26. The van der Waals surface area contributed by atoms with Crippen LogP contribution in [0.5, 0.6) is 0 Å². The Bertz CT molecular complexity index is 355. The number of hydrogen-bond acceptors (Lipinski definition) is 1. The second-order valence-electron chi connectivity index (χ2n) is 3.39. The first-order valence-electron chi connectivity index (χ1n) is 4.57. The second-order valence-corrected chi connectivity index (χ2v) is 4.31. The number of halogens is 1. The molecule has 0 fully saturated rings. The predicted octanol–water partition coefficient (Wildman–Crippen LogP) is 3.34. The highest BCUT2D eigenvalue weighted by Crippen LogP contribution is 2.20. The van der Waals surface area contributed by atoms with Crippen molar-refractivity contribution in [2.24, 2.45) is 4.99 Å². The molecule has 0 atom stereocenters. The maximum absolute atomic E-state index is 4.50. The van der Waals surface area contributed by atoms with E-state index in [1.807, 2.05) is 0 Å². The quantitative estimate of drug-likeness (QED) is 0.711. The van der Waals surface area contributed by atoms with Gasteiger partial charge in [0.05, 0.1) is 0 Å². The molecular formula is C11H12BrN. The third-order valence-electron chi connectivity index (χ3n) is 2.38. The zero-order chi connectivity index (χ0) is 9.26. The number of aryl methyl sites for hydroxylation is 1. The smallest absolute Gasteiger partial charge is 0.0424 e. The average Bonchev–Trinajstić information content (AvgIpc) is 2.61. The van der Waals surface area contributed by atoms with Gasteiger partial charge in [-0.15, -0.1) is 0 Å². The minimum absolute atomic E-state index is 1.00. The average molecular weight is 238 g/mol. The van der Waals surface area contributed by atoms with Gasteiger partial charge in [-0.05, 0) is 43.0 Å². The summed E-state index contributed by atoms with van der Waals surface area (Å²) >= 11 is 3.49. The number of benzene rings is 1. The lowest BCUT2D eigenvalue weighted by Crippen LogP contribution is -1.98. The Balaban J connectivity index is 2.43. The molecular weight excluding hydrogens is 226 g/mol. The molecule has 0 aliphatic carbocycles. The summed E-state index contributed by atoms with van der Waals surface area (Å²) < 4.78 is 1.14. The molecule has 0 aromatic heterocycles. The third-order valence-corrected chi connectivity index (χ3v) is 2.88. The standard InChI is InChI=1S/C11H12BrN/c1-8-4-5-9(12)7-10(8)11-3-2-6-13-11/h4-5,7H,2-3,6H2,1H3. The van der Waals surface area contributed by atoms with E-state index in [1.54, 1.807) is 0 Å². The van der Waals surface area contributed by atoms with Crippen LogP contribution in [0.2, 0.25) is 0 Å². The lowest BCUT2D eigenvalue weighted by molar-refractivity contribution is 0.951. The second kappa shape index (κ2) is 3.62. The van der Waals surface area contributed by atoms with Crippen LogP contribution < -0.4 is 0 Å². The van der Waals surface area contributed by atoms with E-state index in [1.165, 1.54) is 23.3 Å². The first-order chi connectivity index (χ1) is 6.27. The van der Waals surface area contributed by atoms with Gasteiger partial charge in [-0.2, -0.15) is 0 Å². The molecule has 0 amide bonds. The SMILES string of the molecule is Cc1ccc(Br)cc1C1=NCCC1. The third kappa shape index (κ3) is 1.83. The summed E-state index contributed by atoms with van der Waals surface area (Å²) in [6.45, 7) is 3.14. The first kappa shape index (κ1) is 8.95. The molecule has 68 valence electrons. The van der Waals surface area contributed by atoms with Crippen LogP contribution in [0, 0.1) is 6.92 Å². The van der Waals surface area contributed by atoms with Crippen molar-refractivity contribution in [2.45, 2.75) is 19.8 Å². The fourth-order valence-electron chi connectivity index (χ4n) is 1.66. The van der Waals surface area contributed by atoms with Gasteiger partial charge in [0, 0.05) is 16.7 Å². The number of nitrogens with zero attached hydrogens (tertiary/aromatic N) is 1. The van der Waals surface area contributed by atoms with Crippen molar-refractivity contribution in [1.29, 1.82) is 0 Å². The Morgan fingerprint density at radius 1 is 1.38 bits per heavy atom. The molecule has 0 N–H and O–H groups in total. The molecule has 0 radical (unpaired) electrons. The summed E-state index contributed by atoms with van der Waals surface area (Å²) in [5, 5.41) is 0. The van der Waals surface area contributed by atoms with Gasteiger partial charge in [-0.1, -0.05) is 22.0 Å². The monoisotopic (exact) mass is 237 g/mol. The molecule has 1 heterocycles. The molecule has 1 aliphatic heterocycles. The predicted molar refractivity (Wildman–Crippen MR) is 59.5 cm³/mol. The van der Waals surface area contributed by atoms with E-state index in [-0.39, 0.29) is 0 Å². The highest BCUT2D eigenvalue weighted by molar-refractivity contribution is 9.10. The van der Waals surface area contributed by atoms with E-state index < -0.39 is 0 Å². The van der Waals surface area contributed by atoms with Crippen molar-refractivity contribution >= 4 is 21.6 Å². The molecule has 2 heteroatoms. The number of aliphatic imine (C=N–C) groups is 1. The van der Waals surface area contributed by atoms with Crippen LogP contribution in [0.15, 0.2) is 27.7 Å². The van der Waals surface area contributed by atoms with Gasteiger partial charge in [-0.25, -0.2) is 0 Å². The van der Waals surface area contributed by atoms with E-state index in [9.17, 15) is 0 Å². The van der Waals surface area contributed by atoms with Gasteiger partial charge in [0.1, 0.15) is 0 Å². The van der Waals surface area contributed by atoms with E-state index in [4.69, 9.17) is 0 Å². The fraction of sp³-hybridized carbons (Fsp3) is 0.364. The van der Waals surface area contributed by atoms with Crippen LogP contribution in [-0.2, 0) is 0 Å². The fourth-order valence-corrected chi connectivity index (χ4v) is 2.03. The van der Waals surface area contributed by atoms with Crippen LogP contribution in [-0.4, -0.2) is 12.3 Å². The van der Waals surface area contributed by atoms with Gasteiger partial charge < -0.3 is 0 Å². The van der Waals surface area contributed by atoms with Gasteiger partial charge in [0.25, 0.3) is 0 Å². The van der Waals surface area contributed by atoms with E-state index in [2.05, 4.69) is 46.0 Å². The molecule has 0 unspecified atom stereocenters. The van der Waals surface area contributed by atoms with Crippen molar-refractivity contribution < 1.29 is 0 Å². The van der Waals surface area contributed by atoms with Crippen LogP contribution in [0.1, 0.15) is 24.0 Å². The maximum Gasteiger partial charge on any atom is 0.0424 e. The van der Waals surface area contributed by atoms with Crippen molar-refractivity contribution in [3.8, 4) is 0 Å². The molecule has 1 aliphatic rings. The summed E-state index contributed by atoms with van der Waals surface area (Å²) in [5.74, 6) is 0. The molecule has 2 rings (SSSR count). The molecule has 0 bridgehead atoms. The Morgan fingerprint density at radius 2 is 2.23 bits per heavy atom. The highest BCUT2D eigenvalue weighted by atomic mass is 79.9. The molecule has 1 aromatic carbocycles. The Hall–Kier alpha value is -0.630. The topological polar surface area (TPSA) is 12.4 Å². The maximum atomic E-state index is 4.50. The lowest BCUT2D eigenvalue weighted by Gasteiger charge is -2.05. The Kier molecular flexibility index (Phi) is 2.49. The van der Waals surface area contributed by atoms with Crippen LogP contribution in [0.4, 0.5) is 0 Å². The summed E-state index contributed by atoms with van der Waals surface area (Å²) in [4.78, 5) is 4.50. The molecule has 13 heavy (non-hydrogen) atoms. The van der Waals surface area contributed by atoms with E-state index in [0.717, 1.165) is 17.4 Å². The van der Waals surface area contributed by atoms with E-state index >= 15 is 0 Å². The van der Waals surface area contributed by atoms with Crippen LogP contribution in [0.3, 0.4) is 0 Å². The molecule has 1 aromatic rings. The largest absolute Gasteiger partial charge is 0.289 e. The van der Waals surface area contributed by atoms with Gasteiger partial charge in [0.2, 0.25) is 0 Å². The summed E-state index contributed by atoms with van der Waals surface area (Å²) in [5.41, 5.74) is 3.91. The van der Waals surface area contributed by atoms with Crippen molar-refractivity contribution in [3.05, 3.63) is 33.8 Å². The Labute approximate surface area is 87.0 Å². The van der Waals surface area contributed by atoms with Crippen molar-refractivity contribution in [2.75, 3.05) is 6.54 Å².